The zero-order valence-corrected chi connectivity index (χ0v) is 12.2. The number of rotatable bonds is 5. The molecule has 108 valence electrons. The van der Waals surface area contributed by atoms with Crippen molar-refractivity contribution in [2.24, 2.45) is 0 Å². The van der Waals surface area contributed by atoms with E-state index >= 15 is 0 Å². The number of benzene rings is 1. The number of carbonyl (C=O) groups excluding carboxylic acids is 1. The molecule has 1 aromatic rings. The SMILES string of the molecule is CCCC(C(=O)c1ccc2c(c1)OCC2)N1CCCC1. The number of ketones is 1. The molecule has 20 heavy (non-hydrogen) atoms. The Kier molecular flexibility index (Phi) is 4.06. The van der Waals surface area contributed by atoms with Crippen LogP contribution in [0.15, 0.2) is 18.2 Å². The quantitative estimate of drug-likeness (QED) is 0.772. The van der Waals surface area contributed by atoms with E-state index in [1.54, 1.807) is 0 Å². The van der Waals surface area contributed by atoms with Gasteiger partial charge in [0.05, 0.1) is 12.6 Å². The van der Waals surface area contributed by atoms with E-state index in [1.165, 1.54) is 18.4 Å². The normalized spacial score (nSPS) is 19.6. The summed E-state index contributed by atoms with van der Waals surface area (Å²) in [6.45, 7) is 5.04. The zero-order chi connectivity index (χ0) is 13.9. The summed E-state index contributed by atoms with van der Waals surface area (Å²) < 4.78 is 5.59. The van der Waals surface area contributed by atoms with Crippen molar-refractivity contribution in [1.82, 2.24) is 4.90 Å². The summed E-state index contributed by atoms with van der Waals surface area (Å²) in [4.78, 5) is 15.2. The molecule has 1 fully saturated rings. The van der Waals surface area contributed by atoms with Gasteiger partial charge in [0.1, 0.15) is 5.75 Å². The van der Waals surface area contributed by atoms with Crippen LogP contribution in [0, 0.1) is 0 Å². The first-order chi connectivity index (χ1) is 9.79. The summed E-state index contributed by atoms with van der Waals surface area (Å²) in [6.07, 6.45) is 5.42. The van der Waals surface area contributed by atoms with Crippen molar-refractivity contribution in [3.8, 4) is 5.75 Å². The largest absolute Gasteiger partial charge is 0.493 e. The molecule has 2 aliphatic heterocycles. The van der Waals surface area contributed by atoms with Crippen molar-refractivity contribution in [3.63, 3.8) is 0 Å². The number of hydrogen-bond acceptors (Lipinski definition) is 3. The highest BCUT2D eigenvalue weighted by molar-refractivity contribution is 6.00. The first-order valence-electron chi connectivity index (χ1n) is 7.83. The van der Waals surface area contributed by atoms with Gasteiger partial charge in [0.15, 0.2) is 5.78 Å². The number of nitrogens with zero attached hydrogens (tertiary/aromatic N) is 1. The van der Waals surface area contributed by atoms with Crippen molar-refractivity contribution < 1.29 is 9.53 Å². The van der Waals surface area contributed by atoms with Crippen LogP contribution in [0.2, 0.25) is 0 Å². The first kappa shape index (κ1) is 13.6. The summed E-state index contributed by atoms with van der Waals surface area (Å²) in [7, 11) is 0. The summed E-state index contributed by atoms with van der Waals surface area (Å²) in [5.74, 6) is 1.18. The third kappa shape index (κ3) is 2.59. The third-order valence-corrected chi connectivity index (χ3v) is 4.43. The smallest absolute Gasteiger partial charge is 0.180 e. The van der Waals surface area contributed by atoms with Crippen LogP contribution < -0.4 is 4.74 Å². The summed E-state index contributed by atoms with van der Waals surface area (Å²) in [6, 6.07) is 6.04. The molecule has 2 heterocycles. The third-order valence-electron chi connectivity index (χ3n) is 4.43. The van der Waals surface area contributed by atoms with Crippen LogP contribution in [0.3, 0.4) is 0 Å². The first-order valence-corrected chi connectivity index (χ1v) is 7.83. The highest BCUT2D eigenvalue weighted by Gasteiger charge is 2.28. The maximum Gasteiger partial charge on any atom is 0.180 e. The van der Waals surface area contributed by atoms with E-state index in [9.17, 15) is 4.79 Å². The van der Waals surface area contributed by atoms with Crippen molar-refractivity contribution in [3.05, 3.63) is 29.3 Å². The van der Waals surface area contributed by atoms with Crippen molar-refractivity contribution in [2.45, 2.75) is 45.1 Å². The van der Waals surface area contributed by atoms with Crippen LogP contribution in [0.5, 0.6) is 5.75 Å². The van der Waals surface area contributed by atoms with E-state index in [-0.39, 0.29) is 11.8 Å². The molecule has 0 amide bonds. The fourth-order valence-corrected chi connectivity index (χ4v) is 3.32. The minimum atomic E-state index is 0.0574. The molecule has 0 aromatic heterocycles. The predicted molar refractivity (Wildman–Crippen MR) is 79.5 cm³/mol. The molecule has 0 radical (unpaired) electrons. The second-order valence-corrected chi connectivity index (χ2v) is 5.83. The predicted octanol–water partition coefficient (Wildman–Crippen LogP) is 3.07. The maximum absolute atomic E-state index is 12.8. The molecule has 2 aliphatic rings. The molecule has 0 aliphatic carbocycles. The number of ether oxygens (including phenoxy) is 1. The van der Waals surface area contributed by atoms with Crippen LogP contribution in [0.1, 0.15) is 48.5 Å². The molecule has 1 aromatic carbocycles. The summed E-state index contributed by atoms with van der Waals surface area (Å²) in [5.41, 5.74) is 2.05. The van der Waals surface area contributed by atoms with Crippen LogP contribution in [-0.4, -0.2) is 36.4 Å². The van der Waals surface area contributed by atoms with E-state index < -0.39 is 0 Å². The highest BCUT2D eigenvalue weighted by Crippen LogP contribution is 2.28. The van der Waals surface area contributed by atoms with Gasteiger partial charge in [-0.1, -0.05) is 25.5 Å². The highest BCUT2D eigenvalue weighted by atomic mass is 16.5. The fraction of sp³-hybridized carbons (Fsp3) is 0.588. The molecule has 3 rings (SSSR count). The second-order valence-electron chi connectivity index (χ2n) is 5.83. The minimum Gasteiger partial charge on any atom is -0.493 e. The van der Waals surface area contributed by atoms with E-state index in [2.05, 4.69) is 17.9 Å². The molecule has 0 bridgehead atoms. The topological polar surface area (TPSA) is 29.5 Å². The van der Waals surface area contributed by atoms with Gasteiger partial charge in [-0.2, -0.15) is 0 Å². The lowest BCUT2D eigenvalue weighted by Gasteiger charge is -2.26. The van der Waals surface area contributed by atoms with Crippen LogP contribution in [-0.2, 0) is 6.42 Å². The number of Topliss-reactive ketones (excluding diaryl/α,β-unsaturated/α-hetero) is 1. The standard InChI is InChI=1S/C17H23NO2/c1-2-5-15(18-9-3-4-10-18)17(19)14-7-6-13-8-11-20-16(13)12-14/h6-7,12,15H,2-5,8-11H2,1H3. The van der Waals surface area contributed by atoms with Gasteiger partial charge in [0.2, 0.25) is 0 Å². The van der Waals surface area contributed by atoms with Gasteiger partial charge in [-0.15, -0.1) is 0 Å². The number of hydrogen-bond donors (Lipinski definition) is 0. The molecule has 1 atom stereocenters. The van der Waals surface area contributed by atoms with Crippen LogP contribution in [0.25, 0.3) is 0 Å². The van der Waals surface area contributed by atoms with E-state index in [0.29, 0.717) is 0 Å². The molecular formula is C17H23NO2. The molecule has 0 spiro atoms. The van der Waals surface area contributed by atoms with E-state index in [1.807, 2.05) is 12.1 Å². The van der Waals surface area contributed by atoms with Gasteiger partial charge >= 0.3 is 0 Å². The fourth-order valence-electron chi connectivity index (χ4n) is 3.32. The van der Waals surface area contributed by atoms with Crippen LogP contribution >= 0.6 is 0 Å². The van der Waals surface area contributed by atoms with Gasteiger partial charge in [0.25, 0.3) is 0 Å². The van der Waals surface area contributed by atoms with Crippen LogP contribution in [0.4, 0.5) is 0 Å². The van der Waals surface area contributed by atoms with E-state index in [4.69, 9.17) is 4.74 Å². The Bertz CT molecular complexity index is 492. The van der Waals surface area contributed by atoms with Gasteiger partial charge in [-0.3, -0.25) is 9.69 Å². The average molecular weight is 273 g/mol. The Morgan fingerprint density at radius 3 is 2.90 bits per heavy atom. The van der Waals surface area contributed by atoms with Gasteiger partial charge < -0.3 is 4.74 Å². The lowest BCUT2D eigenvalue weighted by molar-refractivity contribution is 0.0837. The Morgan fingerprint density at radius 1 is 1.35 bits per heavy atom. The Balaban J connectivity index is 1.81. The Morgan fingerprint density at radius 2 is 2.15 bits per heavy atom. The molecule has 0 saturated carbocycles. The van der Waals surface area contributed by atoms with Gasteiger partial charge in [-0.25, -0.2) is 0 Å². The molecule has 0 N–H and O–H groups in total. The van der Waals surface area contributed by atoms with E-state index in [0.717, 1.165) is 50.3 Å². The number of likely N-dealkylation sites (tertiary alicyclic amines) is 1. The Labute approximate surface area is 120 Å². The molecular weight excluding hydrogens is 250 g/mol. The zero-order valence-electron chi connectivity index (χ0n) is 12.2. The Hall–Kier alpha value is -1.35. The molecule has 1 saturated heterocycles. The number of carbonyl (C=O) groups is 1. The molecule has 3 nitrogen and oxygen atoms in total. The van der Waals surface area contributed by atoms with Crippen molar-refractivity contribution in [1.29, 1.82) is 0 Å². The summed E-state index contributed by atoms with van der Waals surface area (Å²) in [5, 5.41) is 0. The lowest BCUT2D eigenvalue weighted by atomic mass is 9.97. The monoisotopic (exact) mass is 273 g/mol. The minimum absolute atomic E-state index is 0.0574. The average Bonchev–Trinajstić information content (AvgIpc) is 3.13. The lowest BCUT2D eigenvalue weighted by Crippen LogP contribution is -2.39. The number of fused-ring (bicyclic) bond motifs is 1. The van der Waals surface area contributed by atoms with Gasteiger partial charge in [0, 0.05) is 12.0 Å². The molecule has 1 unspecified atom stereocenters. The van der Waals surface area contributed by atoms with Crippen molar-refractivity contribution >= 4 is 5.78 Å². The maximum atomic E-state index is 12.8. The molecule has 3 heteroatoms. The summed E-state index contributed by atoms with van der Waals surface area (Å²) >= 11 is 0. The second kappa shape index (κ2) is 5.96. The van der Waals surface area contributed by atoms with Gasteiger partial charge in [-0.05, 0) is 44.0 Å². The van der Waals surface area contributed by atoms with Crippen molar-refractivity contribution in [2.75, 3.05) is 19.7 Å².